The zero-order valence-electron chi connectivity index (χ0n) is 14.3. The third-order valence-corrected chi connectivity index (χ3v) is 5.84. The summed E-state index contributed by atoms with van der Waals surface area (Å²) < 4.78 is 0. The summed E-state index contributed by atoms with van der Waals surface area (Å²) in [6, 6.07) is 6.40. The van der Waals surface area contributed by atoms with Gasteiger partial charge in [0, 0.05) is 30.2 Å². The number of nitrogens with two attached hydrogens (primary N) is 1. The molecule has 130 valence electrons. The van der Waals surface area contributed by atoms with Crippen molar-refractivity contribution in [3.8, 4) is 10.6 Å². The first-order valence-corrected chi connectivity index (χ1v) is 9.52. The lowest BCUT2D eigenvalue weighted by Crippen LogP contribution is -2.40. The summed E-state index contributed by atoms with van der Waals surface area (Å²) in [7, 11) is 0. The number of thiophene rings is 1. The van der Waals surface area contributed by atoms with Gasteiger partial charge in [-0.3, -0.25) is 9.69 Å². The lowest BCUT2D eigenvalue weighted by atomic mass is 9.96. The van der Waals surface area contributed by atoms with Crippen LogP contribution >= 0.6 is 11.3 Å². The van der Waals surface area contributed by atoms with E-state index < -0.39 is 0 Å². The molecule has 0 bridgehead atoms. The van der Waals surface area contributed by atoms with Crippen molar-refractivity contribution in [2.75, 3.05) is 13.1 Å². The van der Waals surface area contributed by atoms with Gasteiger partial charge in [0.2, 0.25) is 5.91 Å². The maximum atomic E-state index is 11.6. The van der Waals surface area contributed by atoms with Crippen LogP contribution in [0.3, 0.4) is 0 Å². The van der Waals surface area contributed by atoms with Gasteiger partial charge in [0.15, 0.2) is 0 Å². The van der Waals surface area contributed by atoms with Crippen molar-refractivity contribution in [2.45, 2.75) is 26.3 Å². The Balaban J connectivity index is 1.73. The summed E-state index contributed by atoms with van der Waals surface area (Å²) in [6.07, 6.45) is 3.81. The lowest BCUT2D eigenvalue weighted by molar-refractivity contribution is -0.123. The van der Waals surface area contributed by atoms with Gasteiger partial charge in [0.25, 0.3) is 0 Å². The summed E-state index contributed by atoms with van der Waals surface area (Å²) in [6.45, 7) is 4.62. The molecule has 0 aliphatic carbocycles. The predicted octanol–water partition coefficient (Wildman–Crippen LogP) is 3.30. The van der Waals surface area contributed by atoms with Crippen molar-refractivity contribution in [2.24, 2.45) is 11.7 Å². The van der Waals surface area contributed by atoms with Crippen molar-refractivity contribution in [3.05, 3.63) is 40.9 Å². The highest BCUT2D eigenvalue weighted by molar-refractivity contribution is 7.13. The van der Waals surface area contributed by atoms with E-state index in [2.05, 4.69) is 45.4 Å². The van der Waals surface area contributed by atoms with Crippen LogP contribution in [0.1, 0.15) is 24.0 Å². The average molecular weight is 354 g/mol. The second kappa shape index (κ2) is 6.61. The molecule has 1 fully saturated rings. The number of aryl methyl sites for hydroxylation is 1. The van der Waals surface area contributed by atoms with Crippen molar-refractivity contribution >= 4 is 28.3 Å². The van der Waals surface area contributed by atoms with Gasteiger partial charge >= 0.3 is 0 Å². The molecule has 4 heterocycles. The smallest absolute Gasteiger partial charge is 0.221 e. The highest BCUT2D eigenvalue weighted by atomic mass is 32.1. The van der Waals surface area contributed by atoms with Crippen LogP contribution in [0, 0.1) is 12.8 Å². The van der Waals surface area contributed by atoms with E-state index in [1.54, 1.807) is 11.3 Å². The van der Waals surface area contributed by atoms with Gasteiger partial charge in [-0.2, -0.15) is 0 Å². The van der Waals surface area contributed by atoms with E-state index in [9.17, 15) is 4.79 Å². The molecule has 6 heteroatoms. The third kappa shape index (κ3) is 3.19. The van der Waals surface area contributed by atoms with Crippen LogP contribution < -0.4 is 5.73 Å². The van der Waals surface area contributed by atoms with Crippen LogP contribution in [0.25, 0.3) is 21.6 Å². The number of likely N-dealkylation sites (tertiary alicyclic amines) is 1. The molecule has 1 unspecified atom stereocenters. The largest absolute Gasteiger partial charge is 0.369 e. The first-order valence-electron chi connectivity index (χ1n) is 8.64. The Bertz CT molecular complexity index is 900. The summed E-state index contributed by atoms with van der Waals surface area (Å²) in [5.74, 6) is -0.219. The van der Waals surface area contributed by atoms with Crippen LogP contribution in [-0.2, 0) is 11.3 Å². The summed E-state index contributed by atoms with van der Waals surface area (Å²) in [5, 5.41) is 3.26. The minimum absolute atomic E-state index is 0.0380. The van der Waals surface area contributed by atoms with E-state index in [-0.39, 0.29) is 11.8 Å². The van der Waals surface area contributed by atoms with E-state index in [1.165, 1.54) is 15.8 Å². The molecule has 0 aromatic carbocycles. The van der Waals surface area contributed by atoms with E-state index >= 15 is 0 Å². The van der Waals surface area contributed by atoms with Gasteiger partial charge in [-0.05, 0) is 49.4 Å². The van der Waals surface area contributed by atoms with Crippen molar-refractivity contribution in [3.63, 3.8) is 0 Å². The molecule has 3 aromatic heterocycles. The Morgan fingerprint density at radius 2 is 2.40 bits per heavy atom. The molecule has 0 radical (unpaired) electrons. The molecule has 25 heavy (non-hydrogen) atoms. The topological polar surface area (TPSA) is 75.0 Å². The number of rotatable bonds is 4. The van der Waals surface area contributed by atoms with Crippen molar-refractivity contribution < 1.29 is 4.79 Å². The normalized spacial score (nSPS) is 18.7. The first-order chi connectivity index (χ1) is 12.1. The molecule has 0 saturated carbocycles. The van der Waals surface area contributed by atoms with Crippen LogP contribution in [0.5, 0.6) is 0 Å². The molecule has 5 nitrogen and oxygen atoms in total. The maximum Gasteiger partial charge on any atom is 0.221 e. The van der Waals surface area contributed by atoms with Crippen LogP contribution in [0.4, 0.5) is 0 Å². The van der Waals surface area contributed by atoms with E-state index in [1.807, 2.05) is 6.20 Å². The Kier molecular flexibility index (Phi) is 4.31. The molecular formula is C19H22N4OS. The summed E-state index contributed by atoms with van der Waals surface area (Å²) in [5.41, 5.74) is 10.0. The van der Waals surface area contributed by atoms with Gasteiger partial charge < -0.3 is 10.7 Å². The van der Waals surface area contributed by atoms with E-state index in [4.69, 9.17) is 5.73 Å². The number of carbonyl (C=O) groups is 1. The number of aromatic amines is 1. The second-order valence-electron chi connectivity index (χ2n) is 6.84. The number of hydrogen-bond acceptors (Lipinski definition) is 4. The van der Waals surface area contributed by atoms with Crippen molar-refractivity contribution in [1.29, 1.82) is 0 Å². The van der Waals surface area contributed by atoms with Gasteiger partial charge in [0.1, 0.15) is 5.65 Å². The number of carbonyl (C=O) groups excluding carboxylic acids is 1. The second-order valence-corrected chi connectivity index (χ2v) is 7.79. The zero-order chi connectivity index (χ0) is 17.4. The third-order valence-electron chi connectivity index (χ3n) is 4.95. The van der Waals surface area contributed by atoms with Gasteiger partial charge in [-0.25, -0.2) is 4.98 Å². The number of nitrogens with zero attached hydrogens (tertiary/aromatic N) is 2. The standard InChI is InChI=1S/C19H22N4OS/c1-12-8-14-15(11-23-6-2-4-13(10-23)18(20)24)17(16-5-3-7-25-16)22-19(14)21-9-12/h3,5,7-9,13H,2,4,6,10-11H2,1H3,(H2,20,24)(H,21,22). The minimum Gasteiger partial charge on any atom is -0.369 e. The highest BCUT2D eigenvalue weighted by Gasteiger charge is 2.26. The minimum atomic E-state index is -0.181. The maximum absolute atomic E-state index is 11.6. The molecule has 1 aliphatic heterocycles. The average Bonchev–Trinajstić information content (AvgIpc) is 3.23. The Morgan fingerprint density at radius 3 is 3.16 bits per heavy atom. The molecule has 1 saturated heterocycles. The van der Waals surface area contributed by atoms with Crippen LogP contribution in [0.2, 0.25) is 0 Å². The summed E-state index contributed by atoms with van der Waals surface area (Å²) in [4.78, 5) is 23.2. The number of primary amides is 1. The van der Waals surface area contributed by atoms with Crippen LogP contribution in [-0.4, -0.2) is 33.9 Å². The number of piperidine rings is 1. The number of H-pyrrole nitrogens is 1. The van der Waals surface area contributed by atoms with Crippen molar-refractivity contribution in [1.82, 2.24) is 14.9 Å². The number of aromatic nitrogens is 2. The van der Waals surface area contributed by atoms with Gasteiger partial charge in [-0.15, -0.1) is 11.3 Å². The molecule has 1 amide bonds. The van der Waals surface area contributed by atoms with E-state index in [0.29, 0.717) is 0 Å². The fraction of sp³-hybridized carbons (Fsp3) is 0.368. The number of hydrogen-bond donors (Lipinski definition) is 2. The predicted molar refractivity (Wildman–Crippen MR) is 101 cm³/mol. The van der Waals surface area contributed by atoms with Crippen LogP contribution in [0.15, 0.2) is 29.8 Å². The molecular weight excluding hydrogens is 332 g/mol. The molecule has 1 aliphatic rings. The molecule has 3 N–H and O–H groups in total. The first kappa shape index (κ1) is 16.3. The SMILES string of the molecule is Cc1cnc2[nH]c(-c3cccs3)c(CN3CCCC(C(N)=O)C3)c2c1. The fourth-order valence-electron chi connectivity index (χ4n) is 3.68. The molecule has 3 aromatic rings. The Labute approximate surface area is 150 Å². The lowest BCUT2D eigenvalue weighted by Gasteiger charge is -2.31. The van der Waals surface area contributed by atoms with E-state index in [0.717, 1.165) is 49.4 Å². The quantitative estimate of drug-likeness (QED) is 0.755. The van der Waals surface area contributed by atoms with Gasteiger partial charge in [-0.1, -0.05) is 6.07 Å². The highest BCUT2D eigenvalue weighted by Crippen LogP contribution is 2.34. The number of nitrogens with one attached hydrogen (secondary N) is 1. The fourth-order valence-corrected chi connectivity index (χ4v) is 4.43. The molecule has 0 spiro atoms. The Hall–Kier alpha value is -2.18. The molecule has 4 rings (SSSR count). The summed E-state index contributed by atoms with van der Waals surface area (Å²) >= 11 is 1.73. The number of fused-ring (bicyclic) bond motifs is 1. The monoisotopic (exact) mass is 354 g/mol. The zero-order valence-corrected chi connectivity index (χ0v) is 15.1. The Morgan fingerprint density at radius 1 is 1.52 bits per heavy atom. The molecule has 1 atom stereocenters. The number of pyridine rings is 1. The number of amides is 1. The van der Waals surface area contributed by atoms with Gasteiger partial charge in [0.05, 0.1) is 16.5 Å².